The Balaban J connectivity index is 1.05. The number of aromatic nitrogens is 2. The van der Waals surface area contributed by atoms with Crippen molar-refractivity contribution in [1.29, 1.82) is 0 Å². The molecule has 0 radical (unpaired) electrons. The number of fused-ring (bicyclic) bond motifs is 7. The molecule has 0 amide bonds. The Morgan fingerprint density at radius 3 is 1.77 bits per heavy atom. The van der Waals surface area contributed by atoms with Crippen LogP contribution in [0, 0.1) is 0 Å². The molecule has 1 aliphatic carbocycles. The summed E-state index contributed by atoms with van der Waals surface area (Å²) in [7, 11) is 0. The molecule has 0 spiro atoms. The second-order valence-electron chi connectivity index (χ2n) is 15.7. The highest BCUT2D eigenvalue weighted by Crippen LogP contribution is 2.54. The molecule has 268 valence electrons. The fourth-order valence-electron chi connectivity index (χ4n) is 9.32. The van der Waals surface area contributed by atoms with E-state index in [2.05, 4.69) is 190 Å². The molecule has 0 aliphatic heterocycles. The summed E-state index contributed by atoms with van der Waals surface area (Å²) in [5, 5.41) is 7.38. The minimum atomic E-state index is -0.110. The maximum absolute atomic E-state index is 5.24. The van der Waals surface area contributed by atoms with Gasteiger partial charge in [-0.3, -0.25) is 0 Å². The van der Waals surface area contributed by atoms with E-state index in [4.69, 9.17) is 9.97 Å². The lowest BCUT2D eigenvalue weighted by molar-refractivity contribution is 0.666. The predicted molar refractivity (Wildman–Crippen MR) is 239 cm³/mol. The molecule has 1 aromatic heterocycles. The Labute approximate surface area is 332 Å². The fourth-order valence-corrected chi connectivity index (χ4v) is 9.32. The molecule has 0 atom stereocenters. The summed E-state index contributed by atoms with van der Waals surface area (Å²) in [5.41, 5.74) is 15.2. The van der Waals surface area contributed by atoms with Crippen LogP contribution in [0.15, 0.2) is 194 Å². The van der Waals surface area contributed by atoms with Gasteiger partial charge < -0.3 is 0 Å². The summed E-state index contributed by atoms with van der Waals surface area (Å²) in [5.74, 6) is 0.713. The fraction of sp³-hybridized carbons (Fsp3) is 0.0545. The molecule has 0 fully saturated rings. The molecular formula is C55H38N2. The third-order valence-corrected chi connectivity index (χ3v) is 12.0. The first-order valence-corrected chi connectivity index (χ1v) is 19.7. The first-order valence-electron chi connectivity index (χ1n) is 19.7. The van der Waals surface area contributed by atoms with E-state index in [9.17, 15) is 0 Å². The van der Waals surface area contributed by atoms with E-state index in [-0.39, 0.29) is 5.41 Å². The molecule has 0 saturated heterocycles. The average Bonchev–Trinajstić information content (AvgIpc) is 3.52. The maximum Gasteiger partial charge on any atom is 0.160 e. The Bertz CT molecular complexity index is 3210. The van der Waals surface area contributed by atoms with Crippen molar-refractivity contribution in [3.63, 3.8) is 0 Å². The molecule has 0 N–H and O–H groups in total. The van der Waals surface area contributed by atoms with Gasteiger partial charge in [-0.1, -0.05) is 190 Å². The monoisotopic (exact) mass is 726 g/mol. The smallest absolute Gasteiger partial charge is 0.160 e. The van der Waals surface area contributed by atoms with Crippen molar-refractivity contribution in [1.82, 2.24) is 9.97 Å². The third-order valence-electron chi connectivity index (χ3n) is 12.0. The van der Waals surface area contributed by atoms with Gasteiger partial charge in [-0.05, 0) is 95.0 Å². The van der Waals surface area contributed by atoms with Gasteiger partial charge in [0.2, 0.25) is 0 Å². The molecule has 0 saturated carbocycles. The van der Waals surface area contributed by atoms with E-state index in [1.165, 1.54) is 71.4 Å². The summed E-state index contributed by atoms with van der Waals surface area (Å²) in [4.78, 5) is 10.4. The molecule has 1 aliphatic rings. The summed E-state index contributed by atoms with van der Waals surface area (Å²) < 4.78 is 0. The quantitative estimate of drug-likeness (QED) is 0.176. The van der Waals surface area contributed by atoms with Gasteiger partial charge in [-0.2, -0.15) is 0 Å². The number of rotatable bonds is 5. The van der Waals surface area contributed by atoms with Crippen LogP contribution in [-0.4, -0.2) is 9.97 Å². The molecule has 11 rings (SSSR count). The van der Waals surface area contributed by atoms with Gasteiger partial charge in [-0.15, -0.1) is 0 Å². The van der Waals surface area contributed by atoms with Crippen LogP contribution in [-0.2, 0) is 5.41 Å². The number of hydrogen-bond acceptors (Lipinski definition) is 2. The molecule has 10 aromatic rings. The van der Waals surface area contributed by atoms with Crippen molar-refractivity contribution in [2.75, 3.05) is 0 Å². The van der Waals surface area contributed by atoms with Crippen LogP contribution in [0.4, 0.5) is 0 Å². The van der Waals surface area contributed by atoms with Crippen LogP contribution in [0.3, 0.4) is 0 Å². The van der Waals surface area contributed by atoms with E-state index >= 15 is 0 Å². The molecule has 57 heavy (non-hydrogen) atoms. The zero-order valence-electron chi connectivity index (χ0n) is 31.9. The van der Waals surface area contributed by atoms with E-state index in [0.717, 1.165) is 33.5 Å². The molecule has 2 nitrogen and oxygen atoms in total. The van der Waals surface area contributed by atoms with Gasteiger partial charge in [0, 0.05) is 22.1 Å². The second kappa shape index (κ2) is 13.0. The SMILES string of the molecule is CC1(C)c2cccc(-c3cccc(-c4ccc(-c5cc(-c6ccc7ccccc7c6)nc(-c6ccccc6)n5)c5ccccc45)c3)c2-c2ccc3ccccc3c21. The summed E-state index contributed by atoms with van der Waals surface area (Å²) in [6.07, 6.45) is 0. The summed E-state index contributed by atoms with van der Waals surface area (Å²) >= 11 is 0. The Hall–Kier alpha value is -7.16. The lowest BCUT2D eigenvalue weighted by atomic mass is 9.80. The minimum absolute atomic E-state index is 0.110. The van der Waals surface area contributed by atoms with Gasteiger partial charge in [0.15, 0.2) is 5.82 Å². The van der Waals surface area contributed by atoms with E-state index in [0.29, 0.717) is 5.82 Å². The maximum atomic E-state index is 5.24. The van der Waals surface area contributed by atoms with Gasteiger partial charge in [-0.25, -0.2) is 9.97 Å². The number of nitrogens with zero attached hydrogens (tertiary/aromatic N) is 2. The minimum Gasteiger partial charge on any atom is -0.228 e. The van der Waals surface area contributed by atoms with Crippen LogP contribution < -0.4 is 0 Å². The lowest BCUT2D eigenvalue weighted by Gasteiger charge is -2.23. The van der Waals surface area contributed by atoms with Crippen molar-refractivity contribution in [3.8, 4) is 67.3 Å². The number of benzene rings is 9. The van der Waals surface area contributed by atoms with Crippen LogP contribution in [0.25, 0.3) is 99.6 Å². The molecular weight excluding hydrogens is 689 g/mol. The summed E-state index contributed by atoms with van der Waals surface area (Å²) in [6, 6.07) is 70.2. The van der Waals surface area contributed by atoms with Crippen molar-refractivity contribution in [2.24, 2.45) is 0 Å². The highest BCUT2D eigenvalue weighted by atomic mass is 14.9. The predicted octanol–water partition coefficient (Wildman–Crippen LogP) is 14.6. The average molecular weight is 727 g/mol. The first kappa shape index (κ1) is 33.2. The Kier molecular flexibility index (Phi) is 7.55. The lowest BCUT2D eigenvalue weighted by Crippen LogP contribution is -2.15. The van der Waals surface area contributed by atoms with Gasteiger partial charge in [0.1, 0.15) is 0 Å². The number of hydrogen-bond donors (Lipinski definition) is 0. The summed E-state index contributed by atoms with van der Waals surface area (Å²) in [6.45, 7) is 4.76. The van der Waals surface area contributed by atoms with Crippen molar-refractivity contribution < 1.29 is 0 Å². The van der Waals surface area contributed by atoms with Crippen LogP contribution >= 0.6 is 0 Å². The molecule has 9 aromatic carbocycles. The first-order chi connectivity index (χ1) is 28.0. The second-order valence-corrected chi connectivity index (χ2v) is 15.7. The van der Waals surface area contributed by atoms with E-state index < -0.39 is 0 Å². The molecule has 1 heterocycles. The van der Waals surface area contributed by atoms with E-state index in [1.54, 1.807) is 0 Å². The van der Waals surface area contributed by atoms with Gasteiger partial charge in [0.05, 0.1) is 11.4 Å². The van der Waals surface area contributed by atoms with Crippen molar-refractivity contribution in [2.45, 2.75) is 19.3 Å². The highest BCUT2D eigenvalue weighted by Gasteiger charge is 2.38. The van der Waals surface area contributed by atoms with Gasteiger partial charge >= 0.3 is 0 Å². The van der Waals surface area contributed by atoms with Crippen LogP contribution in [0.2, 0.25) is 0 Å². The zero-order valence-corrected chi connectivity index (χ0v) is 31.9. The largest absolute Gasteiger partial charge is 0.228 e. The van der Waals surface area contributed by atoms with Crippen LogP contribution in [0.1, 0.15) is 25.0 Å². The van der Waals surface area contributed by atoms with Gasteiger partial charge in [0.25, 0.3) is 0 Å². The Morgan fingerprint density at radius 1 is 0.351 bits per heavy atom. The molecule has 0 bridgehead atoms. The third kappa shape index (κ3) is 5.40. The van der Waals surface area contributed by atoms with E-state index in [1.807, 2.05) is 18.2 Å². The zero-order chi connectivity index (χ0) is 38.1. The highest BCUT2D eigenvalue weighted by molar-refractivity contribution is 6.06. The van der Waals surface area contributed by atoms with Crippen molar-refractivity contribution in [3.05, 3.63) is 205 Å². The molecule has 0 unspecified atom stereocenters. The topological polar surface area (TPSA) is 25.8 Å². The van der Waals surface area contributed by atoms with Crippen molar-refractivity contribution >= 4 is 32.3 Å². The Morgan fingerprint density at radius 2 is 0.947 bits per heavy atom. The van der Waals surface area contributed by atoms with Crippen LogP contribution in [0.5, 0.6) is 0 Å². The standard InChI is InChI=1S/C55H38N2/c1-55(2)49-25-13-24-43(52(49)48-29-28-36-15-8-9-21-44(36)53(48)55)40-20-12-19-39(33-40)42-30-31-47(46-23-11-10-22-45(42)46)51-34-50(56-54(57-51)37-16-4-3-5-17-37)41-27-26-35-14-6-7-18-38(35)32-41/h3-34H,1-2H3. The molecule has 2 heteroatoms. The normalized spacial score (nSPS) is 12.9.